The normalized spacial score (nSPS) is 29.9. The third-order valence-corrected chi connectivity index (χ3v) is 2.49. The SMILES string of the molecule is CN1CCC2=NC(=S)N=CC2C1. The standard InChI is InChI=1S/C8H11N3S/c1-11-3-2-7-6(5-11)4-9-8(12)10-7/h4,6H,2-3,5H2,1H3. The number of hydrogen-bond donors (Lipinski definition) is 0. The first-order valence-electron chi connectivity index (χ1n) is 4.10. The molecule has 3 nitrogen and oxygen atoms in total. The van der Waals surface area contributed by atoms with Crippen LogP contribution in [0.1, 0.15) is 6.42 Å². The van der Waals surface area contributed by atoms with Crippen molar-refractivity contribution in [1.82, 2.24) is 4.90 Å². The number of thiocarbonyl (C=S) groups is 1. The number of rotatable bonds is 0. The van der Waals surface area contributed by atoms with Gasteiger partial charge in [-0.1, -0.05) is 0 Å². The molecule has 0 aliphatic carbocycles. The van der Waals surface area contributed by atoms with Crippen molar-refractivity contribution in [1.29, 1.82) is 0 Å². The fourth-order valence-corrected chi connectivity index (χ4v) is 1.78. The molecule has 2 aliphatic rings. The first-order chi connectivity index (χ1) is 5.75. The van der Waals surface area contributed by atoms with Crippen LogP contribution in [0.2, 0.25) is 0 Å². The molecule has 0 spiro atoms. The summed E-state index contributed by atoms with van der Waals surface area (Å²) < 4.78 is 0. The number of hydrogen-bond acceptors (Lipinski definition) is 2. The van der Waals surface area contributed by atoms with Crippen molar-refractivity contribution in [2.75, 3.05) is 20.1 Å². The molecule has 0 bridgehead atoms. The van der Waals surface area contributed by atoms with E-state index in [2.05, 4.69) is 21.9 Å². The molecule has 0 radical (unpaired) electrons. The number of likely N-dealkylation sites (tertiary alicyclic amines) is 1. The predicted molar refractivity (Wildman–Crippen MR) is 54.1 cm³/mol. The molecule has 64 valence electrons. The van der Waals surface area contributed by atoms with E-state index in [1.54, 1.807) is 0 Å². The Kier molecular flexibility index (Phi) is 2.02. The highest BCUT2D eigenvalue weighted by molar-refractivity contribution is 7.80. The van der Waals surface area contributed by atoms with Crippen LogP contribution in [0.15, 0.2) is 9.98 Å². The quantitative estimate of drug-likeness (QED) is 0.516. The first-order valence-corrected chi connectivity index (χ1v) is 4.50. The Hall–Kier alpha value is -0.610. The van der Waals surface area contributed by atoms with Gasteiger partial charge in [0.25, 0.3) is 0 Å². The maximum absolute atomic E-state index is 4.90. The van der Waals surface area contributed by atoms with Crippen molar-refractivity contribution in [2.24, 2.45) is 15.9 Å². The number of nitrogens with zero attached hydrogens (tertiary/aromatic N) is 3. The van der Waals surface area contributed by atoms with Crippen LogP contribution in [0.4, 0.5) is 0 Å². The first kappa shape index (κ1) is 8.01. The van der Waals surface area contributed by atoms with Gasteiger partial charge in [0, 0.05) is 30.9 Å². The van der Waals surface area contributed by atoms with Gasteiger partial charge in [0.1, 0.15) is 0 Å². The van der Waals surface area contributed by atoms with Crippen molar-refractivity contribution >= 4 is 29.3 Å². The van der Waals surface area contributed by atoms with E-state index in [0.717, 1.165) is 19.5 Å². The van der Waals surface area contributed by atoms with Gasteiger partial charge in [-0.25, -0.2) is 9.98 Å². The average molecular weight is 181 g/mol. The number of aliphatic imine (C=N–C) groups is 2. The summed E-state index contributed by atoms with van der Waals surface area (Å²) in [5.74, 6) is 0.412. The Bertz CT molecular complexity index is 269. The summed E-state index contributed by atoms with van der Waals surface area (Å²) in [7, 11) is 2.12. The summed E-state index contributed by atoms with van der Waals surface area (Å²) in [6, 6.07) is 0. The zero-order valence-corrected chi connectivity index (χ0v) is 7.84. The van der Waals surface area contributed by atoms with Crippen LogP contribution < -0.4 is 0 Å². The molecular weight excluding hydrogens is 170 g/mol. The molecule has 0 aromatic carbocycles. The molecule has 1 unspecified atom stereocenters. The average Bonchev–Trinajstić information content (AvgIpc) is 2.05. The van der Waals surface area contributed by atoms with Crippen LogP contribution in [-0.2, 0) is 0 Å². The molecule has 0 saturated carbocycles. The fourth-order valence-electron chi connectivity index (χ4n) is 1.60. The summed E-state index contributed by atoms with van der Waals surface area (Å²) in [4.78, 5) is 10.6. The van der Waals surface area contributed by atoms with Gasteiger partial charge in [-0.15, -0.1) is 0 Å². The fraction of sp³-hybridized carbons (Fsp3) is 0.625. The molecule has 0 aromatic rings. The van der Waals surface area contributed by atoms with Gasteiger partial charge in [0.2, 0.25) is 5.11 Å². The molecule has 1 saturated heterocycles. The summed E-state index contributed by atoms with van der Waals surface area (Å²) in [5.41, 5.74) is 1.22. The lowest BCUT2D eigenvalue weighted by Crippen LogP contribution is -2.40. The highest BCUT2D eigenvalue weighted by atomic mass is 32.1. The molecule has 2 aliphatic heterocycles. The second kappa shape index (κ2) is 3.03. The smallest absolute Gasteiger partial charge is 0.218 e. The minimum Gasteiger partial charge on any atom is -0.305 e. The summed E-state index contributed by atoms with van der Waals surface area (Å²) >= 11 is 4.90. The van der Waals surface area contributed by atoms with E-state index in [1.165, 1.54) is 5.71 Å². The van der Waals surface area contributed by atoms with Crippen LogP contribution in [0.5, 0.6) is 0 Å². The Morgan fingerprint density at radius 3 is 3.33 bits per heavy atom. The molecule has 0 N–H and O–H groups in total. The van der Waals surface area contributed by atoms with E-state index in [1.807, 2.05) is 6.21 Å². The Morgan fingerprint density at radius 2 is 2.50 bits per heavy atom. The zero-order chi connectivity index (χ0) is 8.55. The minimum atomic E-state index is 0.412. The van der Waals surface area contributed by atoms with Gasteiger partial charge in [-0.05, 0) is 25.7 Å². The third-order valence-electron chi connectivity index (χ3n) is 2.29. The Balaban J connectivity index is 2.18. The third kappa shape index (κ3) is 1.44. The maximum Gasteiger partial charge on any atom is 0.218 e. The lowest BCUT2D eigenvalue weighted by Gasteiger charge is -2.30. The Labute approximate surface area is 77.2 Å². The molecule has 4 heteroatoms. The van der Waals surface area contributed by atoms with Crippen LogP contribution in [-0.4, -0.2) is 42.1 Å². The highest BCUT2D eigenvalue weighted by Gasteiger charge is 2.24. The van der Waals surface area contributed by atoms with Crippen molar-refractivity contribution in [3.8, 4) is 0 Å². The largest absolute Gasteiger partial charge is 0.305 e. The number of fused-ring (bicyclic) bond motifs is 1. The van der Waals surface area contributed by atoms with Gasteiger partial charge in [0.05, 0.1) is 0 Å². The molecule has 0 amide bonds. The van der Waals surface area contributed by atoms with Gasteiger partial charge < -0.3 is 4.90 Å². The van der Waals surface area contributed by atoms with E-state index in [4.69, 9.17) is 12.2 Å². The monoisotopic (exact) mass is 181 g/mol. The molecule has 1 atom stereocenters. The van der Waals surface area contributed by atoms with Crippen LogP contribution >= 0.6 is 12.2 Å². The highest BCUT2D eigenvalue weighted by Crippen LogP contribution is 2.14. The van der Waals surface area contributed by atoms with Crippen molar-refractivity contribution < 1.29 is 0 Å². The van der Waals surface area contributed by atoms with Crippen LogP contribution in [0, 0.1) is 5.92 Å². The van der Waals surface area contributed by atoms with Gasteiger partial charge in [-0.3, -0.25) is 0 Å². The molecule has 0 aromatic heterocycles. The van der Waals surface area contributed by atoms with Crippen molar-refractivity contribution in [3.05, 3.63) is 0 Å². The van der Waals surface area contributed by atoms with E-state index in [0.29, 0.717) is 11.0 Å². The van der Waals surface area contributed by atoms with Crippen molar-refractivity contribution in [2.45, 2.75) is 6.42 Å². The lowest BCUT2D eigenvalue weighted by atomic mass is 9.96. The zero-order valence-electron chi connectivity index (χ0n) is 7.03. The molecule has 12 heavy (non-hydrogen) atoms. The van der Waals surface area contributed by atoms with Gasteiger partial charge in [0.15, 0.2) is 0 Å². The molecule has 2 rings (SSSR count). The number of piperidine rings is 1. The van der Waals surface area contributed by atoms with E-state index in [-0.39, 0.29) is 0 Å². The Morgan fingerprint density at radius 1 is 1.67 bits per heavy atom. The second-order valence-corrected chi connectivity index (χ2v) is 3.65. The van der Waals surface area contributed by atoms with E-state index >= 15 is 0 Å². The van der Waals surface area contributed by atoms with Crippen LogP contribution in [0.3, 0.4) is 0 Å². The van der Waals surface area contributed by atoms with E-state index in [9.17, 15) is 0 Å². The van der Waals surface area contributed by atoms with E-state index < -0.39 is 0 Å². The van der Waals surface area contributed by atoms with Crippen LogP contribution in [0.25, 0.3) is 0 Å². The minimum absolute atomic E-state index is 0.412. The van der Waals surface area contributed by atoms with Gasteiger partial charge in [-0.2, -0.15) is 0 Å². The van der Waals surface area contributed by atoms with Gasteiger partial charge >= 0.3 is 0 Å². The summed E-state index contributed by atoms with van der Waals surface area (Å²) in [5, 5.41) is 0.491. The maximum atomic E-state index is 4.90. The summed E-state index contributed by atoms with van der Waals surface area (Å²) in [6.07, 6.45) is 2.97. The predicted octanol–water partition coefficient (Wildman–Crippen LogP) is 0.748. The molecule has 1 fully saturated rings. The topological polar surface area (TPSA) is 28.0 Å². The molecular formula is C8H11N3S. The second-order valence-electron chi connectivity index (χ2n) is 3.28. The van der Waals surface area contributed by atoms with Crippen molar-refractivity contribution in [3.63, 3.8) is 0 Å². The lowest BCUT2D eigenvalue weighted by molar-refractivity contribution is 0.318. The molecule has 2 heterocycles. The summed E-state index contributed by atoms with van der Waals surface area (Å²) in [6.45, 7) is 2.12.